The Bertz CT molecular complexity index is 482. The number of benzene rings is 1. The fourth-order valence-electron chi connectivity index (χ4n) is 3.14. The van der Waals surface area contributed by atoms with Gasteiger partial charge in [-0.3, -0.25) is 0 Å². The Balaban J connectivity index is 3.00. The monoisotopic (exact) mass is 454 g/mol. The van der Waals surface area contributed by atoms with Crippen molar-refractivity contribution in [2.45, 2.75) is 92.2 Å². The molecule has 0 aliphatic heterocycles. The number of hydrogen-bond donors (Lipinski definition) is 0. The average Bonchev–Trinajstić information content (AvgIpc) is 2.75. The molecule has 0 saturated heterocycles. The molecular weight excluding hydrogens is 408 g/mol. The summed E-state index contributed by atoms with van der Waals surface area (Å²) in [6.07, 6.45) is 8.80. The Hall–Kier alpha value is -0.506. The fourth-order valence-corrected chi connectivity index (χ4v) is 7.65. The van der Waals surface area contributed by atoms with Gasteiger partial charge < -0.3 is 17.7 Å². The van der Waals surface area contributed by atoms with Crippen molar-refractivity contribution in [3.63, 3.8) is 0 Å². The zero-order valence-electron chi connectivity index (χ0n) is 20.4. The molecule has 0 atom stereocenters. The van der Waals surface area contributed by atoms with Crippen molar-refractivity contribution in [3.05, 3.63) is 24.3 Å². The largest absolute Gasteiger partial charge is 0.391 e. The summed E-state index contributed by atoms with van der Waals surface area (Å²) in [5.41, 5.74) is 0. The summed E-state index contributed by atoms with van der Waals surface area (Å²) in [5.74, 6) is 0. The lowest BCUT2D eigenvalue weighted by Gasteiger charge is -2.30. The molecule has 0 aromatic heterocycles. The van der Waals surface area contributed by atoms with Crippen molar-refractivity contribution in [3.8, 4) is 0 Å². The first-order valence-corrected chi connectivity index (χ1v) is 16.8. The second-order valence-electron chi connectivity index (χ2n) is 8.28. The summed E-state index contributed by atoms with van der Waals surface area (Å²) < 4.78 is 25.4. The van der Waals surface area contributed by atoms with Crippen molar-refractivity contribution < 1.29 is 17.7 Å². The van der Waals surface area contributed by atoms with Crippen LogP contribution in [0.25, 0.3) is 0 Å². The van der Waals surface area contributed by atoms with Crippen LogP contribution in [0.5, 0.6) is 0 Å². The number of hydrogen-bond acceptors (Lipinski definition) is 4. The lowest BCUT2D eigenvalue weighted by molar-refractivity contribution is 0.180. The molecule has 0 saturated carbocycles. The number of rotatable bonds is 18. The van der Waals surface area contributed by atoms with Crippen LogP contribution in [-0.2, 0) is 17.7 Å². The third kappa shape index (κ3) is 9.32. The summed E-state index contributed by atoms with van der Waals surface area (Å²) >= 11 is 0. The second kappa shape index (κ2) is 15.3. The smallest absolute Gasteiger partial charge is 0.369 e. The van der Waals surface area contributed by atoms with E-state index < -0.39 is 17.1 Å². The topological polar surface area (TPSA) is 36.9 Å². The molecule has 0 fully saturated rings. The zero-order chi connectivity index (χ0) is 22.3. The molecule has 1 rings (SSSR count). The Morgan fingerprint density at radius 2 is 0.733 bits per heavy atom. The minimum absolute atomic E-state index is 0.764. The van der Waals surface area contributed by atoms with Gasteiger partial charge >= 0.3 is 17.1 Å². The van der Waals surface area contributed by atoms with Crippen LogP contribution in [0.3, 0.4) is 0 Å². The standard InChI is InChI=1S/C24H46O4Si2/c1-7-11-19-25-29(5,26-20-12-8-2)23-15-17-24(18-16-23)30(6,27-21-13-9-3)28-22-14-10-4/h15-18H,7-14,19-22H2,1-6H3. The predicted molar refractivity (Wildman–Crippen MR) is 132 cm³/mol. The van der Waals surface area contributed by atoms with Gasteiger partial charge in [-0.1, -0.05) is 77.6 Å². The van der Waals surface area contributed by atoms with Crippen molar-refractivity contribution in [2.24, 2.45) is 0 Å². The molecule has 174 valence electrons. The Morgan fingerprint density at radius 1 is 0.500 bits per heavy atom. The van der Waals surface area contributed by atoms with Gasteiger partial charge in [0.1, 0.15) is 0 Å². The normalized spacial score (nSPS) is 12.5. The van der Waals surface area contributed by atoms with E-state index in [1.807, 2.05) is 0 Å². The van der Waals surface area contributed by atoms with Gasteiger partial charge in [-0.2, -0.15) is 0 Å². The van der Waals surface area contributed by atoms with E-state index in [0.29, 0.717) is 0 Å². The van der Waals surface area contributed by atoms with Crippen LogP contribution in [0, 0.1) is 0 Å². The lowest BCUT2D eigenvalue weighted by Crippen LogP contribution is -2.54. The van der Waals surface area contributed by atoms with Crippen LogP contribution in [-0.4, -0.2) is 43.5 Å². The predicted octanol–water partition coefficient (Wildman–Crippen LogP) is 5.51. The lowest BCUT2D eigenvalue weighted by atomic mass is 10.4. The highest BCUT2D eigenvalue weighted by Crippen LogP contribution is 2.14. The van der Waals surface area contributed by atoms with Gasteiger partial charge in [0.25, 0.3) is 0 Å². The van der Waals surface area contributed by atoms with Crippen molar-refractivity contribution in [1.29, 1.82) is 0 Å². The summed E-state index contributed by atoms with van der Waals surface area (Å²) in [5, 5.41) is 2.38. The summed E-state index contributed by atoms with van der Waals surface area (Å²) in [6.45, 7) is 16.2. The fraction of sp³-hybridized carbons (Fsp3) is 0.750. The van der Waals surface area contributed by atoms with Gasteiger partial charge in [0.15, 0.2) is 0 Å². The first-order chi connectivity index (χ1) is 14.5. The maximum atomic E-state index is 6.35. The van der Waals surface area contributed by atoms with Gasteiger partial charge in [0.2, 0.25) is 0 Å². The van der Waals surface area contributed by atoms with E-state index in [1.54, 1.807) is 0 Å². The quantitative estimate of drug-likeness (QED) is 0.216. The van der Waals surface area contributed by atoms with Crippen molar-refractivity contribution >= 4 is 27.5 Å². The first kappa shape index (κ1) is 27.5. The van der Waals surface area contributed by atoms with Crippen LogP contribution >= 0.6 is 0 Å². The van der Waals surface area contributed by atoms with Crippen molar-refractivity contribution in [1.82, 2.24) is 0 Å². The average molecular weight is 455 g/mol. The van der Waals surface area contributed by atoms with Crippen LogP contribution in [0.1, 0.15) is 79.1 Å². The molecule has 0 amide bonds. The molecule has 0 spiro atoms. The molecule has 0 aliphatic rings. The maximum absolute atomic E-state index is 6.35. The SMILES string of the molecule is CCCCO[Si](C)(OCCCC)c1ccc([Si](C)(OCCCC)OCCCC)cc1. The first-order valence-electron chi connectivity index (χ1n) is 12.1. The molecule has 6 heteroatoms. The minimum Gasteiger partial charge on any atom is -0.391 e. The van der Waals surface area contributed by atoms with E-state index in [2.05, 4.69) is 65.1 Å². The van der Waals surface area contributed by atoms with Crippen LogP contribution in [0.2, 0.25) is 13.1 Å². The molecular formula is C24H46O4Si2. The number of unbranched alkanes of at least 4 members (excludes halogenated alkanes) is 4. The van der Waals surface area contributed by atoms with Crippen LogP contribution in [0.15, 0.2) is 24.3 Å². The molecule has 1 aromatic carbocycles. The second-order valence-corrected chi connectivity index (χ2v) is 14.4. The molecule has 0 aliphatic carbocycles. The third-order valence-corrected chi connectivity index (χ3v) is 11.2. The van der Waals surface area contributed by atoms with Crippen LogP contribution < -0.4 is 10.4 Å². The summed E-state index contributed by atoms with van der Waals surface area (Å²) in [7, 11) is -4.82. The Kier molecular flexibility index (Phi) is 14.1. The van der Waals surface area contributed by atoms with E-state index in [0.717, 1.165) is 77.8 Å². The highest BCUT2D eigenvalue weighted by atomic mass is 28.4. The van der Waals surface area contributed by atoms with E-state index in [-0.39, 0.29) is 0 Å². The van der Waals surface area contributed by atoms with E-state index in [9.17, 15) is 0 Å². The maximum Gasteiger partial charge on any atom is 0.369 e. The molecule has 0 N–H and O–H groups in total. The third-order valence-electron chi connectivity index (χ3n) is 5.44. The summed E-state index contributed by atoms with van der Waals surface area (Å²) in [6, 6.07) is 8.77. The van der Waals surface area contributed by atoms with Crippen molar-refractivity contribution in [2.75, 3.05) is 26.4 Å². The van der Waals surface area contributed by atoms with Gasteiger partial charge in [-0.15, -0.1) is 0 Å². The van der Waals surface area contributed by atoms with Gasteiger partial charge in [0, 0.05) is 26.4 Å². The molecule has 0 unspecified atom stereocenters. The highest BCUT2D eigenvalue weighted by molar-refractivity contribution is 6.81. The Morgan fingerprint density at radius 3 is 0.933 bits per heavy atom. The van der Waals surface area contributed by atoms with Gasteiger partial charge in [0.05, 0.1) is 0 Å². The van der Waals surface area contributed by atoms with Gasteiger partial charge in [-0.25, -0.2) is 0 Å². The molecule has 4 nitrogen and oxygen atoms in total. The Labute approximate surface area is 188 Å². The molecule has 0 bridgehead atoms. The van der Waals surface area contributed by atoms with E-state index in [4.69, 9.17) is 17.7 Å². The molecule has 0 heterocycles. The molecule has 0 radical (unpaired) electrons. The summed E-state index contributed by atoms with van der Waals surface area (Å²) in [4.78, 5) is 0. The van der Waals surface area contributed by atoms with Crippen LogP contribution in [0.4, 0.5) is 0 Å². The van der Waals surface area contributed by atoms with E-state index in [1.165, 1.54) is 10.4 Å². The molecule has 30 heavy (non-hydrogen) atoms. The molecule has 1 aromatic rings. The highest BCUT2D eigenvalue weighted by Gasteiger charge is 2.37. The van der Waals surface area contributed by atoms with Gasteiger partial charge in [-0.05, 0) is 49.2 Å². The minimum atomic E-state index is -2.41. The zero-order valence-corrected chi connectivity index (χ0v) is 22.4. The van der Waals surface area contributed by atoms with E-state index >= 15 is 0 Å².